The molecule has 1 aliphatic heterocycles. The summed E-state index contributed by atoms with van der Waals surface area (Å²) >= 11 is 0. The molecule has 1 heterocycles. The van der Waals surface area contributed by atoms with E-state index in [1.54, 1.807) is 0 Å². The Morgan fingerprint density at radius 3 is 2.44 bits per heavy atom. The van der Waals surface area contributed by atoms with Crippen molar-refractivity contribution in [2.75, 3.05) is 0 Å². The van der Waals surface area contributed by atoms with Gasteiger partial charge in [-0.2, -0.15) is 0 Å². The van der Waals surface area contributed by atoms with E-state index in [9.17, 15) is 14.4 Å². The van der Waals surface area contributed by atoms with Gasteiger partial charge < -0.3 is 14.2 Å². The fraction of sp³-hybridized carbons (Fsp3) is 0.737. The molecule has 7 unspecified atom stereocenters. The van der Waals surface area contributed by atoms with E-state index in [1.807, 2.05) is 0 Å². The lowest BCUT2D eigenvalue weighted by molar-refractivity contribution is -0.153. The lowest BCUT2D eigenvalue weighted by Gasteiger charge is -2.39. The number of hydrogen-bond acceptors (Lipinski definition) is 6. The average Bonchev–Trinajstić information content (AvgIpc) is 2.82. The number of ether oxygens (including phenoxy) is 3. The molecule has 25 heavy (non-hydrogen) atoms. The highest BCUT2D eigenvalue weighted by Gasteiger charge is 2.61. The first-order valence-corrected chi connectivity index (χ1v) is 8.87. The predicted octanol–water partition coefficient (Wildman–Crippen LogP) is 2.40. The predicted molar refractivity (Wildman–Crippen MR) is 88.2 cm³/mol. The lowest BCUT2D eigenvalue weighted by Crippen LogP contribution is -2.40. The maximum atomic E-state index is 11.9. The van der Waals surface area contributed by atoms with Crippen molar-refractivity contribution in [3.05, 3.63) is 12.2 Å². The lowest BCUT2D eigenvalue weighted by atomic mass is 9.69. The minimum absolute atomic E-state index is 0.0397. The fourth-order valence-electron chi connectivity index (χ4n) is 5.39. The van der Waals surface area contributed by atoms with Crippen LogP contribution in [0.4, 0.5) is 0 Å². The van der Waals surface area contributed by atoms with Crippen LogP contribution in [-0.4, -0.2) is 36.2 Å². The van der Waals surface area contributed by atoms with Gasteiger partial charge in [0.25, 0.3) is 0 Å². The first-order valence-electron chi connectivity index (χ1n) is 8.87. The summed E-state index contributed by atoms with van der Waals surface area (Å²) in [5.41, 5.74) is 0.0956. The van der Waals surface area contributed by atoms with E-state index in [0.717, 1.165) is 0 Å². The maximum Gasteiger partial charge on any atom is 0.334 e. The summed E-state index contributed by atoms with van der Waals surface area (Å²) in [4.78, 5) is 35.2. The first-order chi connectivity index (χ1) is 11.6. The van der Waals surface area contributed by atoms with Gasteiger partial charge in [0.15, 0.2) is 0 Å². The van der Waals surface area contributed by atoms with Crippen LogP contribution in [0.25, 0.3) is 0 Å². The molecule has 2 saturated carbocycles. The van der Waals surface area contributed by atoms with Gasteiger partial charge in [-0.1, -0.05) is 20.4 Å². The standard InChI is InChI=1S/C19H26O6/c1-9-6-14-13(10(2)18(22)25-14)8-19(5)16(24-12(4)21)7-15(17(9)19)23-11(3)20/h9,13-17H,2,6-8H2,1,3-5H3. The molecule has 138 valence electrons. The van der Waals surface area contributed by atoms with Crippen LogP contribution in [0.5, 0.6) is 0 Å². The molecule has 1 saturated heterocycles. The van der Waals surface area contributed by atoms with E-state index in [1.165, 1.54) is 13.8 Å². The summed E-state index contributed by atoms with van der Waals surface area (Å²) < 4.78 is 16.7. The van der Waals surface area contributed by atoms with Crippen LogP contribution in [0, 0.1) is 23.2 Å². The highest BCUT2D eigenvalue weighted by atomic mass is 16.6. The van der Waals surface area contributed by atoms with E-state index in [4.69, 9.17) is 14.2 Å². The molecule has 0 aromatic carbocycles. The van der Waals surface area contributed by atoms with E-state index in [0.29, 0.717) is 24.8 Å². The van der Waals surface area contributed by atoms with Gasteiger partial charge in [-0.05, 0) is 18.8 Å². The van der Waals surface area contributed by atoms with Crippen molar-refractivity contribution in [3.63, 3.8) is 0 Å². The molecular weight excluding hydrogens is 324 g/mol. The Bertz CT molecular complexity index is 625. The zero-order valence-corrected chi connectivity index (χ0v) is 15.2. The molecule has 3 aliphatic rings. The van der Waals surface area contributed by atoms with Crippen LogP contribution in [0.1, 0.15) is 47.0 Å². The van der Waals surface area contributed by atoms with Crippen molar-refractivity contribution >= 4 is 17.9 Å². The van der Waals surface area contributed by atoms with Crippen molar-refractivity contribution in [1.29, 1.82) is 0 Å². The van der Waals surface area contributed by atoms with Crippen LogP contribution >= 0.6 is 0 Å². The van der Waals surface area contributed by atoms with Gasteiger partial charge in [0.1, 0.15) is 18.3 Å². The van der Waals surface area contributed by atoms with Gasteiger partial charge in [-0.25, -0.2) is 4.79 Å². The summed E-state index contributed by atoms with van der Waals surface area (Å²) in [6, 6.07) is 0. The number of rotatable bonds is 2. The normalized spacial score (nSPS) is 42.9. The highest BCUT2D eigenvalue weighted by molar-refractivity contribution is 5.90. The Balaban J connectivity index is 1.98. The number of esters is 3. The van der Waals surface area contributed by atoms with Crippen molar-refractivity contribution in [2.45, 2.75) is 65.3 Å². The molecule has 0 N–H and O–H groups in total. The quantitative estimate of drug-likeness (QED) is 0.432. The van der Waals surface area contributed by atoms with E-state index < -0.39 is 5.41 Å². The molecule has 0 bridgehead atoms. The SMILES string of the molecule is C=C1C(=O)OC2CC(C)C3C(OC(C)=O)CC(OC(C)=O)C3(C)CC12. The van der Waals surface area contributed by atoms with Crippen LogP contribution in [-0.2, 0) is 28.6 Å². The van der Waals surface area contributed by atoms with Crippen LogP contribution in [0.3, 0.4) is 0 Å². The molecule has 0 aromatic rings. The van der Waals surface area contributed by atoms with Crippen LogP contribution < -0.4 is 0 Å². The van der Waals surface area contributed by atoms with Gasteiger partial charge >= 0.3 is 17.9 Å². The smallest absolute Gasteiger partial charge is 0.334 e. The third kappa shape index (κ3) is 2.96. The Labute approximate surface area is 147 Å². The minimum Gasteiger partial charge on any atom is -0.462 e. The van der Waals surface area contributed by atoms with Gasteiger partial charge in [0, 0.05) is 43.1 Å². The maximum absolute atomic E-state index is 11.9. The second kappa shape index (κ2) is 6.15. The molecule has 6 heteroatoms. The Morgan fingerprint density at radius 1 is 1.20 bits per heavy atom. The van der Waals surface area contributed by atoms with Crippen molar-refractivity contribution < 1.29 is 28.6 Å². The summed E-state index contributed by atoms with van der Waals surface area (Å²) in [5.74, 6) is -0.897. The van der Waals surface area contributed by atoms with E-state index in [2.05, 4.69) is 20.4 Å². The summed E-state index contributed by atoms with van der Waals surface area (Å²) in [7, 11) is 0. The van der Waals surface area contributed by atoms with Gasteiger partial charge in [0.2, 0.25) is 0 Å². The Hall–Kier alpha value is -1.85. The fourth-order valence-corrected chi connectivity index (χ4v) is 5.39. The van der Waals surface area contributed by atoms with Crippen LogP contribution in [0.2, 0.25) is 0 Å². The molecule has 3 rings (SSSR count). The molecule has 0 aromatic heterocycles. The first kappa shape index (κ1) is 18.0. The summed E-state index contributed by atoms with van der Waals surface area (Å²) in [5, 5.41) is 0. The number of carbonyl (C=O) groups is 3. The molecule has 0 radical (unpaired) electrons. The van der Waals surface area contributed by atoms with E-state index in [-0.39, 0.29) is 54.0 Å². The van der Waals surface area contributed by atoms with Crippen molar-refractivity contribution in [1.82, 2.24) is 0 Å². The molecule has 0 amide bonds. The zero-order chi connectivity index (χ0) is 18.5. The monoisotopic (exact) mass is 350 g/mol. The molecule has 3 fully saturated rings. The topological polar surface area (TPSA) is 78.9 Å². The highest BCUT2D eigenvalue weighted by Crippen LogP contribution is 2.58. The largest absolute Gasteiger partial charge is 0.462 e. The van der Waals surface area contributed by atoms with Crippen molar-refractivity contribution in [3.8, 4) is 0 Å². The Morgan fingerprint density at radius 2 is 1.84 bits per heavy atom. The van der Waals surface area contributed by atoms with Gasteiger partial charge in [0.05, 0.1) is 0 Å². The number of carbonyl (C=O) groups excluding carboxylic acids is 3. The molecule has 6 nitrogen and oxygen atoms in total. The van der Waals surface area contributed by atoms with E-state index >= 15 is 0 Å². The Kier molecular flexibility index (Phi) is 4.41. The van der Waals surface area contributed by atoms with Crippen molar-refractivity contribution in [2.24, 2.45) is 23.2 Å². The molecule has 2 aliphatic carbocycles. The summed E-state index contributed by atoms with van der Waals surface area (Å²) in [6.07, 6.45) is 0.957. The third-order valence-corrected chi connectivity index (χ3v) is 6.26. The second-order valence-electron chi connectivity index (χ2n) is 8.01. The number of fused-ring (bicyclic) bond motifs is 2. The summed E-state index contributed by atoms with van der Waals surface area (Å²) in [6.45, 7) is 10.9. The third-order valence-electron chi connectivity index (χ3n) is 6.26. The molecular formula is C19H26O6. The van der Waals surface area contributed by atoms with Gasteiger partial charge in [-0.3, -0.25) is 9.59 Å². The molecule has 7 atom stereocenters. The average molecular weight is 350 g/mol. The van der Waals surface area contributed by atoms with Crippen LogP contribution in [0.15, 0.2) is 12.2 Å². The zero-order valence-electron chi connectivity index (χ0n) is 15.2. The van der Waals surface area contributed by atoms with Gasteiger partial charge in [-0.15, -0.1) is 0 Å². The molecule has 0 spiro atoms. The minimum atomic E-state index is -0.401. The number of hydrogen-bond donors (Lipinski definition) is 0. The second-order valence-corrected chi connectivity index (χ2v) is 8.01.